The van der Waals surface area contributed by atoms with Crippen molar-refractivity contribution in [2.75, 3.05) is 11.9 Å². The molecule has 0 fully saturated rings. The number of hydrogen-bond acceptors (Lipinski definition) is 3. The summed E-state index contributed by atoms with van der Waals surface area (Å²) < 4.78 is 0. The van der Waals surface area contributed by atoms with Crippen LogP contribution in [0.4, 0.5) is 5.69 Å². The van der Waals surface area contributed by atoms with Gasteiger partial charge in [-0.05, 0) is 17.7 Å². The Morgan fingerprint density at radius 2 is 2.07 bits per heavy atom. The number of carbonyl (C=O) groups excluding carboxylic acids is 1. The lowest BCUT2D eigenvalue weighted by atomic mass is 10.0. The van der Waals surface area contributed by atoms with Crippen molar-refractivity contribution in [1.29, 1.82) is 0 Å². The highest BCUT2D eigenvalue weighted by molar-refractivity contribution is 5.88. The van der Waals surface area contributed by atoms with Gasteiger partial charge in [0.2, 0.25) is 5.91 Å². The first-order valence-corrected chi connectivity index (χ1v) is 4.82. The standard InChI is InChI=1S/C11H16N2O2/c1-8(7-15-12)10-3-5-11(6-4-10)13-9(2)14/h3-6,8H,7,12H2,1-2H3,(H,13,14). The molecular formula is C11H16N2O2. The summed E-state index contributed by atoms with van der Waals surface area (Å²) >= 11 is 0. The summed E-state index contributed by atoms with van der Waals surface area (Å²) in [5.41, 5.74) is 1.93. The first kappa shape index (κ1) is 11.7. The number of hydrogen-bond donors (Lipinski definition) is 2. The Balaban J connectivity index is 2.67. The van der Waals surface area contributed by atoms with Gasteiger partial charge in [-0.15, -0.1) is 0 Å². The summed E-state index contributed by atoms with van der Waals surface area (Å²) in [4.78, 5) is 15.4. The lowest BCUT2D eigenvalue weighted by Crippen LogP contribution is -2.09. The Kier molecular flexibility index (Phi) is 4.27. The summed E-state index contributed by atoms with van der Waals surface area (Å²) in [5, 5.41) is 2.71. The van der Waals surface area contributed by atoms with Crippen LogP contribution in [0.2, 0.25) is 0 Å². The van der Waals surface area contributed by atoms with Gasteiger partial charge in [-0.25, -0.2) is 5.90 Å². The van der Waals surface area contributed by atoms with Gasteiger partial charge < -0.3 is 10.2 Å². The van der Waals surface area contributed by atoms with E-state index in [9.17, 15) is 4.79 Å². The molecule has 1 aromatic carbocycles. The second-order valence-electron chi connectivity index (χ2n) is 3.54. The second kappa shape index (κ2) is 5.48. The van der Waals surface area contributed by atoms with Crippen molar-refractivity contribution in [1.82, 2.24) is 0 Å². The third kappa shape index (κ3) is 3.69. The summed E-state index contributed by atoms with van der Waals surface area (Å²) in [6, 6.07) is 7.64. The molecule has 0 aromatic heterocycles. The summed E-state index contributed by atoms with van der Waals surface area (Å²) in [6.45, 7) is 4.00. The number of carbonyl (C=O) groups is 1. The maximum absolute atomic E-state index is 10.8. The molecule has 1 unspecified atom stereocenters. The van der Waals surface area contributed by atoms with E-state index in [1.807, 2.05) is 31.2 Å². The Hall–Kier alpha value is -1.39. The van der Waals surface area contributed by atoms with Crippen LogP contribution >= 0.6 is 0 Å². The van der Waals surface area contributed by atoms with E-state index in [0.29, 0.717) is 6.61 Å². The predicted octanol–water partition coefficient (Wildman–Crippen LogP) is 1.64. The maximum Gasteiger partial charge on any atom is 0.221 e. The van der Waals surface area contributed by atoms with Crippen molar-refractivity contribution in [2.45, 2.75) is 19.8 Å². The van der Waals surface area contributed by atoms with Gasteiger partial charge in [-0.2, -0.15) is 0 Å². The van der Waals surface area contributed by atoms with Gasteiger partial charge in [0.1, 0.15) is 0 Å². The Labute approximate surface area is 89.4 Å². The number of nitrogens with one attached hydrogen (secondary N) is 1. The van der Waals surface area contributed by atoms with Crippen LogP contribution in [0.3, 0.4) is 0 Å². The molecule has 15 heavy (non-hydrogen) atoms. The summed E-state index contributed by atoms with van der Waals surface area (Å²) in [5.74, 6) is 5.19. The topological polar surface area (TPSA) is 64.3 Å². The molecular weight excluding hydrogens is 192 g/mol. The van der Waals surface area contributed by atoms with E-state index in [1.165, 1.54) is 6.92 Å². The zero-order chi connectivity index (χ0) is 11.3. The monoisotopic (exact) mass is 208 g/mol. The minimum Gasteiger partial charge on any atom is -0.326 e. The van der Waals surface area contributed by atoms with E-state index in [-0.39, 0.29) is 11.8 Å². The van der Waals surface area contributed by atoms with E-state index in [4.69, 9.17) is 5.90 Å². The third-order valence-electron chi connectivity index (χ3n) is 2.15. The van der Waals surface area contributed by atoms with Crippen molar-refractivity contribution in [3.63, 3.8) is 0 Å². The predicted molar refractivity (Wildman–Crippen MR) is 59.3 cm³/mol. The molecule has 3 N–H and O–H groups in total. The molecule has 0 aliphatic heterocycles. The van der Waals surface area contributed by atoms with Crippen LogP contribution < -0.4 is 11.2 Å². The van der Waals surface area contributed by atoms with Crippen molar-refractivity contribution in [2.24, 2.45) is 5.90 Å². The van der Waals surface area contributed by atoms with Crippen LogP contribution in [0, 0.1) is 0 Å². The van der Waals surface area contributed by atoms with Gasteiger partial charge in [0.25, 0.3) is 0 Å². The molecule has 1 amide bonds. The minimum atomic E-state index is -0.0684. The average molecular weight is 208 g/mol. The van der Waals surface area contributed by atoms with Crippen molar-refractivity contribution in [3.05, 3.63) is 29.8 Å². The largest absolute Gasteiger partial charge is 0.326 e. The highest BCUT2D eigenvalue weighted by Gasteiger charge is 2.05. The van der Waals surface area contributed by atoms with Crippen LogP contribution in [0.25, 0.3) is 0 Å². The summed E-state index contributed by atoms with van der Waals surface area (Å²) in [7, 11) is 0. The molecule has 1 atom stereocenters. The van der Waals surface area contributed by atoms with Crippen molar-refractivity contribution in [3.8, 4) is 0 Å². The Morgan fingerprint density at radius 1 is 1.47 bits per heavy atom. The molecule has 0 aliphatic carbocycles. The fourth-order valence-corrected chi connectivity index (χ4v) is 1.34. The number of rotatable bonds is 4. The normalized spacial score (nSPS) is 12.2. The molecule has 4 nitrogen and oxygen atoms in total. The molecule has 0 radical (unpaired) electrons. The second-order valence-corrected chi connectivity index (χ2v) is 3.54. The van der Waals surface area contributed by atoms with Gasteiger partial charge in [0.15, 0.2) is 0 Å². The zero-order valence-corrected chi connectivity index (χ0v) is 8.99. The first-order valence-electron chi connectivity index (χ1n) is 4.82. The van der Waals surface area contributed by atoms with Crippen LogP contribution in [0.5, 0.6) is 0 Å². The zero-order valence-electron chi connectivity index (χ0n) is 8.99. The molecule has 0 spiro atoms. The van der Waals surface area contributed by atoms with Gasteiger partial charge >= 0.3 is 0 Å². The van der Waals surface area contributed by atoms with Gasteiger partial charge in [0, 0.05) is 18.5 Å². The van der Waals surface area contributed by atoms with Crippen molar-refractivity contribution < 1.29 is 9.63 Å². The lowest BCUT2D eigenvalue weighted by molar-refractivity contribution is -0.114. The number of benzene rings is 1. The average Bonchev–Trinajstić information content (AvgIpc) is 2.18. The van der Waals surface area contributed by atoms with Gasteiger partial charge in [-0.3, -0.25) is 4.79 Å². The highest BCUT2D eigenvalue weighted by atomic mass is 16.6. The van der Waals surface area contributed by atoms with E-state index < -0.39 is 0 Å². The van der Waals surface area contributed by atoms with Crippen LogP contribution in [0.1, 0.15) is 25.3 Å². The first-order chi connectivity index (χ1) is 7.13. The molecule has 82 valence electrons. The Morgan fingerprint density at radius 3 is 2.53 bits per heavy atom. The maximum atomic E-state index is 10.8. The van der Waals surface area contributed by atoms with E-state index in [2.05, 4.69) is 10.2 Å². The molecule has 0 bridgehead atoms. The fourth-order valence-electron chi connectivity index (χ4n) is 1.34. The van der Waals surface area contributed by atoms with Gasteiger partial charge in [0.05, 0.1) is 6.61 Å². The number of anilines is 1. The van der Waals surface area contributed by atoms with Gasteiger partial charge in [-0.1, -0.05) is 19.1 Å². The van der Waals surface area contributed by atoms with Crippen molar-refractivity contribution >= 4 is 11.6 Å². The Bertz CT molecular complexity index is 322. The molecule has 4 heteroatoms. The lowest BCUT2D eigenvalue weighted by Gasteiger charge is -2.10. The highest BCUT2D eigenvalue weighted by Crippen LogP contribution is 2.17. The number of amides is 1. The van der Waals surface area contributed by atoms with E-state index in [1.54, 1.807) is 0 Å². The van der Waals surface area contributed by atoms with Crippen LogP contribution in [0.15, 0.2) is 24.3 Å². The third-order valence-corrected chi connectivity index (χ3v) is 2.15. The number of nitrogens with two attached hydrogens (primary N) is 1. The molecule has 1 rings (SSSR count). The van der Waals surface area contributed by atoms with Crippen LogP contribution in [-0.2, 0) is 9.63 Å². The molecule has 0 saturated carbocycles. The molecule has 0 heterocycles. The molecule has 0 aliphatic rings. The fraction of sp³-hybridized carbons (Fsp3) is 0.364. The molecule has 1 aromatic rings. The smallest absolute Gasteiger partial charge is 0.221 e. The molecule has 0 saturated heterocycles. The summed E-state index contributed by atoms with van der Waals surface area (Å²) in [6.07, 6.45) is 0. The minimum absolute atomic E-state index is 0.0684. The van der Waals surface area contributed by atoms with E-state index >= 15 is 0 Å². The quantitative estimate of drug-likeness (QED) is 0.739. The van der Waals surface area contributed by atoms with Crippen LogP contribution in [-0.4, -0.2) is 12.5 Å². The SMILES string of the molecule is CC(=O)Nc1ccc(C(C)CON)cc1. The van der Waals surface area contributed by atoms with E-state index in [0.717, 1.165) is 11.3 Å².